The van der Waals surface area contributed by atoms with Crippen LogP contribution in [0.2, 0.25) is 18.1 Å². The number of aromatic amines is 1. The highest BCUT2D eigenvalue weighted by atomic mass is 28.4. The van der Waals surface area contributed by atoms with Crippen molar-refractivity contribution in [1.29, 1.82) is 0 Å². The number of aliphatic hydroxyl groups excluding tert-OH is 2. The van der Waals surface area contributed by atoms with Gasteiger partial charge in [-0.05, 0) is 25.1 Å². The fourth-order valence-electron chi connectivity index (χ4n) is 2.51. The van der Waals surface area contributed by atoms with Crippen LogP contribution in [0.15, 0.2) is 15.8 Å². The van der Waals surface area contributed by atoms with Crippen LogP contribution in [0.3, 0.4) is 0 Å². The second-order valence-electron chi connectivity index (χ2n) is 8.06. The Labute approximate surface area is 147 Å². The zero-order valence-corrected chi connectivity index (χ0v) is 16.6. The number of aromatic nitrogens is 2. The molecular weight excluding hydrogens is 344 g/mol. The molecule has 0 spiro atoms. The highest BCUT2D eigenvalue weighted by molar-refractivity contribution is 6.74. The predicted molar refractivity (Wildman–Crippen MR) is 95.1 cm³/mol. The molecule has 142 valence electrons. The molecule has 0 amide bonds. The van der Waals surface area contributed by atoms with Gasteiger partial charge in [0.15, 0.2) is 14.5 Å². The summed E-state index contributed by atoms with van der Waals surface area (Å²) in [7, 11) is -2.28. The van der Waals surface area contributed by atoms with Gasteiger partial charge in [0.05, 0.1) is 6.61 Å². The molecule has 1 aliphatic rings. The highest BCUT2D eigenvalue weighted by Crippen LogP contribution is 2.41. The molecule has 8 nitrogen and oxygen atoms in total. The zero-order valence-electron chi connectivity index (χ0n) is 15.6. The molecule has 2 heterocycles. The van der Waals surface area contributed by atoms with Crippen molar-refractivity contribution in [2.75, 3.05) is 6.61 Å². The van der Waals surface area contributed by atoms with Crippen LogP contribution >= 0.6 is 0 Å². The lowest BCUT2D eigenvalue weighted by atomic mass is 10.1. The molecule has 3 N–H and O–H groups in total. The first kappa shape index (κ1) is 20.1. The van der Waals surface area contributed by atoms with E-state index in [4.69, 9.17) is 9.16 Å². The van der Waals surface area contributed by atoms with Gasteiger partial charge in [-0.1, -0.05) is 20.8 Å². The maximum absolute atomic E-state index is 12.2. The molecule has 25 heavy (non-hydrogen) atoms. The van der Waals surface area contributed by atoms with Crippen LogP contribution in [0.5, 0.6) is 0 Å². The summed E-state index contributed by atoms with van der Waals surface area (Å²) < 4.78 is 13.2. The lowest BCUT2D eigenvalue weighted by molar-refractivity contribution is -0.0535. The Hall–Kier alpha value is -1.26. The van der Waals surface area contributed by atoms with Crippen LogP contribution in [0, 0.1) is 6.92 Å². The summed E-state index contributed by atoms with van der Waals surface area (Å²) in [6, 6.07) is 0. The summed E-state index contributed by atoms with van der Waals surface area (Å²) in [5.74, 6) is 0. The second kappa shape index (κ2) is 6.80. The van der Waals surface area contributed by atoms with Crippen LogP contribution in [0.1, 0.15) is 32.6 Å². The van der Waals surface area contributed by atoms with Gasteiger partial charge in [0, 0.05) is 11.8 Å². The monoisotopic (exact) mass is 372 g/mol. The van der Waals surface area contributed by atoms with E-state index in [0.29, 0.717) is 5.56 Å². The number of nitrogens with one attached hydrogen (secondary N) is 1. The normalized spacial score (nSPS) is 27.7. The third-order valence-corrected chi connectivity index (χ3v) is 9.62. The van der Waals surface area contributed by atoms with Crippen LogP contribution in [0.25, 0.3) is 0 Å². The van der Waals surface area contributed by atoms with Crippen molar-refractivity contribution in [2.45, 2.75) is 70.4 Å². The molecule has 2 rings (SSSR count). The van der Waals surface area contributed by atoms with Gasteiger partial charge < -0.3 is 19.4 Å². The smallest absolute Gasteiger partial charge is 0.330 e. The quantitative estimate of drug-likeness (QED) is 0.663. The van der Waals surface area contributed by atoms with Gasteiger partial charge in [-0.3, -0.25) is 14.3 Å². The summed E-state index contributed by atoms with van der Waals surface area (Å²) in [4.78, 5) is 26.1. The minimum absolute atomic E-state index is 0.111. The van der Waals surface area contributed by atoms with Crippen molar-refractivity contribution in [3.8, 4) is 0 Å². The van der Waals surface area contributed by atoms with Crippen molar-refractivity contribution < 1.29 is 19.4 Å². The maximum Gasteiger partial charge on any atom is 0.330 e. The number of aliphatic hydroxyl groups is 2. The lowest BCUT2D eigenvalue weighted by Gasteiger charge is -2.40. The van der Waals surface area contributed by atoms with E-state index in [9.17, 15) is 19.8 Å². The number of ether oxygens (including phenoxy) is 1. The Bertz CT molecular complexity index is 735. The molecule has 0 aliphatic carbocycles. The van der Waals surface area contributed by atoms with Crippen molar-refractivity contribution in [3.05, 3.63) is 32.6 Å². The maximum atomic E-state index is 12.2. The van der Waals surface area contributed by atoms with Gasteiger partial charge in [0.2, 0.25) is 0 Å². The minimum Gasteiger partial charge on any atom is -0.407 e. The van der Waals surface area contributed by atoms with E-state index in [1.807, 2.05) is 13.1 Å². The van der Waals surface area contributed by atoms with E-state index < -0.39 is 50.7 Å². The highest BCUT2D eigenvalue weighted by Gasteiger charge is 2.50. The topological polar surface area (TPSA) is 114 Å². The first-order chi connectivity index (χ1) is 11.4. The predicted octanol–water partition coefficient (Wildman–Crippen LogP) is 0.486. The molecule has 1 fully saturated rings. The average Bonchev–Trinajstić information content (AvgIpc) is 2.78. The molecule has 1 unspecified atom stereocenters. The Morgan fingerprint density at radius 2 is 1.96 bits per heavy atom. The van der Waals surface area contributed by atoms with Crippen molar-refractivity contribution in [1.82, 2.24) is 9.55 Å². The molecule has 0 radical (unpaired) electrons. The summed E-state index contributed by atoms with van der Waals surface area (Å²) in [5.41, 5.74) is -0.771. The molecule has 1 aromatic rings. The molecular formula is C16H28N2O6Si. The van der Waals surface area contributed by atoms with Gasteiger partial charge in [0.25, 0.3) is 5.56 Å². The van der Waals surface area contributed by atoms with Gasteiger partial charge in [-0.25, -0.2) is 4.79 Å². The van der Waals surface area contributed by atoms with E-state index in [-0.39, 0.29) is 5.04 Å². The first-order valence-corrected chi connectivity index (χ1v) is 11.2. The fraction of sp³-hybridized carbons (Fsp3) is 0.750. The molecule has 0 aromatic carbocycles. The van der Waals surface area contributed by atoms with Gasteiger partial charge in [-0.2, -0.15) is 0 Å². The summed E-state index contributed by atoms with van der Waals surface area (Å²) >= 11 is 0. The van der Waals surface area contributed by atoms with E-state index >= 15 is 0 Å². The van der Waals surface area contributed by atoms with Crippen molar-refractivity contribution >= 4 is 8.32 Å². The SMILES string of the molecule is Cc1cn([C@@H]2O[C@H](CO)C(O)[C@@H]2O[Si](C)(C)C(C)(C)C)c(=O)[nH]c1=O. The average molecular weight is 372 g/mol. The Kier molecular flexibility index (Phi) is 5.46. The fourth-order valence-corrected chi connectivity index (χ4v) is 3.80. The van der Waals surface area contributed by atoms with Gasteiger partial charge in [-0.15, -0.1) is 0 Å². The largest absolute Gasteiger partial charge is 0.407 e. The zero-order chi connectivity index (χ0) is 19.2. The number of nitrogens with zero attached hydrogens (tertiary/aromatic N) is 1. The van der Waals surface area contributed by atoms with E-state index in [0.717, 1.165) is 0 Å². The Balaban J connectivity index is 2.46. The van der Waals surface area contributed by atoms with E-state index in [1.165, 1.54) is 10.8 Å². The summed E-state index contributed by atoms with van der Waals surface area (Å²) in [6.07, 6.45) is -2.30. The minimum atomic E-state index is -2.28. The molecule has 1 aliphatic heterocycles. The van der Waals surface area contributed by atoms with Crippen LogP contribution in [0.4, 0.5) is 0 Å². The summed E-state index contributed by atoms with van der Waals surface area (Å²) in [5, 5.41) is 19.9. The molecule has 0 bridgehead atoms. The van der Waals surface area contributed by atoms with E-state index in [2.05, 4.69) is 25.8 Å². The standard InChI is InChI=1S/C16H28N2O6Si/c1-9-7-18(15(22)17-13(9)21)14-12(11(20)10(8-19)23-14)24-25(5,6)16(2,3)4/h7,10-12,14,19-20H,8H2,1-6H3,(H,17,21,22)/t10-,11?,12+,14-/m1/s1. The number of hydrogen-bond donors (Lipinski definition) is 3. The van der Waals surface area contributed by atoms with Gasteiger partial charge in [0.1, 0.15) is 18.3 Å². The molecule has 1 aromatic heterocycles. The summed E-state index contributed by atoms with van der Waals surface area (Å²) in [6.45, 7) is 11.4. The second-order valence-corrected chi connectivity index (χ2v) is 12.8. The number of hydrogen-bond acceptors (Lipinski definition) is 6. The third kappa shape index (κ3) is 3.80. The molecule has 1 saturated heterocycles. The number of rotatable bonds is 4. The van der Waals surface area contributed by atoms with Crippen molar-refractivity contribution in [3.63, 3.8) is 0 Å². The molecule has 0 saturated carbocycles. The first-order valence-electron chi connectivity index (χ1n) is 8.33. The van der Waals surface area contributed by atoms with Crippen molar-refractivity contribution in [2.24, 2.45) is 0 Å². The Morgan fingerprint density at radius 1 is 1.36 bits per heavy atom. The van der Waals surface area contributed by atoms with Crippen LogP contribution < -0.4 is 11.2 Å². The number of aryl methyl sites for hydroxylation is 1. The Morgan fingerprint density at radius 3 is 2.48 bits per heavy atom. The van der Waals surface area contributed by atoms with E-state index in [1.54, 1.807) is 6.92 Å². The third-order valence-electron chi connectivity index (χ3n) is 5.15. The lowest BCUT2D eigenvalue weighted by Crippen LogP contribution is -2.49. The van der Waals surface area contributed by atoms with Crippen LogP contribution in [-0.2, 0) is 9.16 Å². The van der Waals surface area contributed by atoms with Crippen LogP contribution in [-0.4, -0.2) is 53.0 Å². The molecule has 9 heteroatoms. The molecule has 4 atom stereocenters. The number of H-pyrrole nitrogens is 1. The van der Waals surface area contributed by atoms with Gasteiger partial charge >= 0.3 is 5.69 Å².